The summed E-state index contributed by atoms with van der Waals surface area (Å²) in [4.78, 5) is 29.6. The van der Waals surface area contributed by atoms with Crippen LogP contribution >= 0.6 is 11.3 Å². The lowest BCUT2D eigenvalue weighted by Crippen LogP contribution is -2.17. The third-order valence-corrected chi connectivity index (χ3v) is 5.20. The number of hydrogen-bond acceptors (Lipinski definition) is 5. The first-order chi connectivity index (χ1) is 14.9. The number of hydrogen-bond donors (Lipinski definition) is 2. The first-order valence-corrected chi connectivity index (χ1v) is 10.2. The van der Waals surface area contributed by atoms with Crippen LogP contribution in [0.15, 0.2) is 60.0 Å². The molecule has 2 aromatic heterocycles. The second kappa shape index (κ2) is 8.49. The minimum atomic E-state index is -0.551. The van der Waals surface area contributed by atoms with E-state index in [2.05, 4.69) is 20.7 Å². The zero-order chi connectivity index (χ0) is 22.0. The van der Waals surface area contributed by atoms with Crippen molar-refractivity contribution in [3.63, 3.8) is 0 Å². The van der Waals surface area contributed by atoms with Crippen LogP contribution in [-0.4, -0.2) is 26.6 Å². The maximum absolute atomic E-state index is 13.8. The minimum Gasteiger partial charge on any atom is -0.325 e. The molecule has 0 unspecified atom stereocenters. The van der Waals surface area contributed by atoms with Gasteiger partial charge in [-0.3, -0.25) is 9.59 Å². The summed E-state index contributed by atoms with van der Waals surface area (Å²) >= 11 is 1.43. The van der Waals surface area contributed by atoms with Gasteiger partial charge in [0.05, 0.1) is 21.9 Å². The lowest BCUT2D eigenvalue weighted by molar-refractivity contribution is -0.114. The average molecular weight is 435 g/mol. The van der Waals surface area contributed by atoms with Crippen LogP contribution in [0.3, 0.4) is 0 Å². The standard InChI is InChI=1S/C22H18FN5O2S/c1-13-8-9-17(24-14(2)29)18(11-13)25-22(30)20-26-21(19-7-4-10-31-19)28(27-20)16-6-3-5-15(23)12-16/h3-12H,1-2H3,(H,24,29)(H,25,30). The molecule has 9 heteroatoms. The normalized spacial score (nSPS) is 10.7. The second-order valence-corrected chi connectivity index (χ2v) is 7.76. The van der Waals surface area contributed by atoms with E-state index in [1.165, 1.54) is 35.1 Å². The molecule has 0 spiro atoms. The highest BCUT2D eigenvalue weighted by Gasteiger charge is 2.20. The molecule has 0 aliphatic rings. The predicted octanol–water partition coefficient (Wildman–Crippen LogP) is 4.65. The van der Waals surface area contributed by atoms with Gasteiger partial charge in [-0.15, -0.1) is 16.4 Å². The molecule has 0 bridgehead atoms. The van der Waals surface area contributed by atoms with Crippen molar-refractivity contribution in [3.8, 4) is 16.4 Å². The molecule has 31 heavy (non-hydrogen) atoms. The molecule has 156 valence electrons. The first kappa shape index (κ1) is 20.4. The van der Waals surface area contributed by atoms with Crippen molar-refractivity contribution < 1.29 is 14.0 Å². The molecule has 4 aromatic rings. The van der Waals surface area contributed by atoms with E-state index in [0.29, 0.717) is 22.9 Å². The smallest absolute Gasteiger partial charge is 0.295 e. The van der Waals surface area contributed by atoms with Crippen LogP contribution in [0.1, 0.15) is 23.1 Å². The Labute approximate surface area is 181 Å². The number of nitrogens with one attached hydrogen (secondary N) is 2. The van der Waals surface area contributed by atoms with Gasteiger partial charge in [0, 0.05) is 6.92 Å². The van der Waals surface area contributed by atoms with Gasteiger partial charge >= 0.3 is 0 Å². The van der Waals surface area contributed by atoms with Crippen molar-refractivity contribution in [2.75, 3.05) is 10.6 Å². The van der Waals surface area contributed by atoms with Crippen LogP contribution < -0.4 is 10.6 Å². The maximum Gasteiger partial charge on any atom is 0.295 e. The Morgan fingerprint density at radius 3 is 2.58 bits per heavy atom. The topological polar surface area (TPSA) is 88.9 Å². The summed E-state index contributed by atoms with van der Waals surface area (Å²) in [6, 6.07) is 14.9. The largest absolute Gasteiger partial charge is 0.325 e. The van der Waals surface area contributed by atoms with Gasteiger partial charge in [0.2, 0.25) is 11.7 Å². The monoisotopic (exact) mass is 435 g/mol. The van der Waals surface area contributed by atoms with Crippen molar-refractivity contribution in [3.05, 3.63) is 77.2 Å². The average Bonchev–Trinajstić information content (AvgIpc) is 3.39. The summed E-state index contributed by atoms with van der Waals surface area (Å²) in [6.45, 7) is 3.26. The van der Waals surface area contributed by atoms with Crippen LogP contribution in [-0.2, 0) is 4.79 Å². The van der Waals surface area contributed by atoms with E-state index in [-0.39, 0.29) is 11.7 Å². The molecular weight excluding hydrogens is 417 g/mol. The van der Waals surface area contributed by atoms with Crippen LogP contribution in [0.4, 0.5) is 15.8 Å². The number of benzene rings is 2. The van der Waals surface area contributed by atoms with Gasteiger partial charge in [-0.2, -0.15) is 0 Å². The number of rotatable bonds is 5. The fraction of sp³-hybridized carbons (Fsp3) is 0.0909. The molecule has 7 nitrogen and oxygen atoms in total. The molecule has 2 N–H and O–H groups in total. The van der Waals surface area contributed by atoms with E-state index in [0.717, 1.165) is 10.4 Å². The van der Waals surface area contributed by atoms with E-state index in [1.54, 1.807) is 24.3 Å². The number of nitrogens with zero attached hydrogens (tertiary/aromatic N) is 3. The summed E-state index contributed by atoms with van der Waals surface area (Å²) < 4.78 is 15.2. The highest BCUT2D eigenvalue weighted by molar-refractivity contribution is 7.13. The number of aryl methyl sites for hydroxylation is 1. The Kier molecular flexibility index (Phi) is 5.59. The van der Waals surface area contributed by atoms with Crippen LogP contribution in [0.25, 0.3) is 16.4 Å². The van der Waals surface area contributed by atoms with Crippen molar-refractivity contribution in [1.82, 2.24) is 14.8 Å². The summed E-state index contributed by atoms with van der Waals surface area (Å²) in [5.41, 5.74) is 2.25. The van der Waals surface area contributed by atoms with E-state index in [4.69, 9.17) is 0 Å². The first-order valence-electron chi connectivity index (χ1n) is 9.37. The highest BCUT2D eigenvalue weighted by Crippen LogP contribution is 2.27. The van der Waals surface area contributed by atoms with Gasteiger partial charge in [-0.1, -0.05) is 18.2 Å². The summed E-state index contributed by atoms with van der Waals surface area (Å²) in [7, 11) is 0. The Bertz CT molecular complexity index is 1270. The molecule has 2 amide bonds. The quantitative estimate of drug-likeness (QED) is 0.477. The molecule has 0 saturated carbocycles. The van der Waals surface area contributed by atoms with Gasteiger partial charge in [-0.25, -0.2) is 14.1 Å². The molecule has 0 aliphatic carbocycles. The molecule has 4 rings (SSSR count). The highest BCUT2D eigenvalue weighted by atomic mass is 32.1. The minimum absolute atomic E-state index is 0.0806. The summed E-state index contributed by atoms with van der Waals surface area (Å²) in [6.07, 6.45) is 0. The lowest BCUT2D eigenvalue weighted by Gasteiger charge is -2.11. The van der Waals surface area contributed by atoms with E-state index < -0.39 is 11.7 Å². The SMILES string of the molecule is CC(=O)Nc1ccc(C)cc1NC(=O)c1nc(-c2cccs2)n(-c2cccc(F)c2)n1. The van der Waals surface area contributed by atoms with Gasteiger partial charge in [0.15, 0.2) is 5.82 Å². The summed E-state index contributed by atoms with van der Waals surface area (Å²) in [5.74, 6) is -0.881. The third kappa shape index (κ3) is 4.51. The molecule has 0 aliphatic heterocycles. The second-order valence-electron chi connectivity index (χ2n) is 6.81. The lowest BCUT2D eigenvalue weighted by atomic mass is 10.2. The van der Waals surface area contributed by atoms with Gasteiger partial charge < -0.3 is 10.6 Å². The molecule has 0 atom stereocenters. The molecule has 0 saturated heterocycles. The zero-order valence-corrected chi connectivity index (χ0v) is 17.5. The number of aromatic nitrogens is 3. The van der Waals surface area contributed by atoms with Gasteiger partial charge in [0.25, 0.3) is 5.91 Å². The Morgan fingerprint density at radius 2 is 1.87 bits per heavy atom. The van der Waals surface area contributed by atoms with Crippen LogP contribution in [0.2, 0.25) is 0 Å². The van der Waals surface area contributed by atoms with E-state index >= 15 is 0 Å². The summed E-state index contributed by atoms with van der Waals surface area (Å²) in [5, 5.41) is 11.7. The molecule has 2 heterocycles. The van der Waals surface area contributed by atoms with Crippen LogP contribution in [0.5, 0.6) is 0 Å². The van der Waals surface area contributed by atoms with Crippen molar-refractivity contribution in [2.45, 2.75) is 13.8 Å². The Morgan fingerprint density at radius 1 is 1.03 bits per heavy atom. The number of carbonyl (C=O) groups is 2. The Balaban J connectivity index is 1.72. The zero-order valence-electron chi connectivity index (χ0n) is 16.7. The fourth-order valence-corrected chi connectivity index (χ4v) is 3.70. The third-order valence-electron chi connectivity index (χ3n) is 4.34. The van der Waals surface area contributed by atoms with Crippen LogP contribution in [0, 0.1) is 12.7 Å². The van der Waals surface area contributed by atoms with E-state index in [9.17, 15) is 14.0 Å². The van der Waals surface area contributed by atoms with Gasteiger partial charge in [-0.05, 0) is 54.3 Å². The molecule has 0 radical (unpaired) electrons. The Hall–Kier alpha value is -3.85. The number of halogens is 1. The number of thiophene rings is 1. The van der Waals surface area contributed by atoms with Gasteiger partial charge in [0.1, 0.15) is 5.82 Å². The van der Waals surface area contributed by atoms with E-state index in [1.807, 2.05) is 30.5 Å². The van der Waals surface area contributed by atoms with Crippen molar-refractivity contribution in [2.24, 2.45) is 0 Å². The number of anilines is 2. The maximum atomic E-state index is 13.8. The van der Waals surface area contributed by atoms with Crippen molar-refractivity contribution >= 4 is 34.5 Å². The predicted molar refractivity (Wildman–Crippen MR) is 118 cm³/mol. The fourth-order valence-electron chi connectivity index (χ4n) is 3.00. The number of amides is 2. The van der Waals surface area contributed by atoms with Crippen molar-refractivity contribution in [1.29, 1.82) is 0 Å². The number of carbonyl (C=O) groups excluding carboxylic acids is 2. The molecule has 2 aromatic carbocycles. The molecule has 0 fully saturated rings. The molecular formula is C22H18FN5O2S.